The molecule has 0 aliphatic heterocycles. The molecule has 0 aliphatic carbocycles. The Morgan fingerprint density at radius 2 is 1.40 bits per heavy atom. The van der Waals surface area contributed by atoms with Gasteiger partial charge in [0.1, 0.15) is 5.75 Å². The van der Waals surface area contributed by atoms with Crippen molar-refractivity contribution >= 4 is 0 Å². The summed E-state index contributed by atoms with van der Waals surface area (Å²) in [6.45, 7) is 1.96. The monoisotopic (exact) mass is 428 g/mol. The van der Waals surface area contributed by atoms with E-state index in [2.05, 4.69) is 0 Å². The molecule has 0 bridgehead atoms. The third kappa shape index (κ3) is 4.27. The fourth-order valence-electron chi connectivity index (χ4n) is 3.01. The molecule has 0 fully saturated rings. The molecule has 0 spiro atoms. The molecule has 0 aromatic heterocycles. The second-order valence-electron chi connectivity index (χ2n) is 6.51. The van der Waals surface area contributed by atoms with Crippen molar-refractivity contribution in [3.05, 3.63) is 82.7 Å². The first kappa shape index (κ1) is 21.7. The van der Waals surface area contributed by atoms with Gasteiger partial charge in [0.15, 0.2) is 34.8 Å². The van der Waals surface area contributed by atoms with Gasteiger partial charge in [0.05, 0.1) is 5.56 Å². The summed E-state index contributed by atoms with van der Waals surface area (Å²) < 4.78 is 101. The van der Waals surface area contributed by atoms with Gasteiger partial charge in [0.2, 0.25) is 0 Å². The average molecular weight is 428 g/mol. The fourth-order valence-corrected chi connectivity index (χ4v) is 3.01. The van der Waals surface area contributed by atoms with Gasteiger partial charge in [-0.25, -0.2) is 30.7 Å². The van der Waals surface area contributed by atoms with Crippen LogP contribution in [0.25, 0.3) is 11.1 Å². The molecule has 0 amide bonds. The molecule has 158 valence electrons. The van der Waals surface area contributed by atoms with Gasteiger partial charge in [-0.2, -0.15) is 0 Å². The van der Waals surface area contributed by atoms with Crippen molar-refractivity contribution in [1.82, 2.24) is 0 Å². The summed E-state index contributed by atoms with van der Waals surface area (Å²) >= 11 is 0. The van der Waals surface area contributed by atoms with Crippen LogP contribution in [0.1, 0.15) is 30.9 Å². The van der Waals surface area contributed by atoms with E-state index >= 15 is 0 Å². The Morgan fingerprint density at radius 1 is 0.800 bits per heavy atom. The first-order chi connectivity index (χ1) is 14.2. The van der Waals surface area contributed by atoms with Crippen molar-refractivity contribution in [2.75, 3.05) is 0 Å². The molecule has 3 rings (SSSR count). The summed E-state index contributed by atoms with van der Waals surface area (Å²) in [7, 11) is 0. The minimum atomic E-state index is -3.33. The molecule has 0 atom stereocenters. The zero-order valence-corrected chi connectivity index (χ0v) is 15.6. The topological polar surface area (TPSA) is 9.23 Å². The van der Waals surface area contributed by atoms with E-state index < -0.39 is 52.6 Å². The second kappa shape index (κ2) is 8.77. The molecular weight excluding hydrogens is 413 g/mol. The second-order valence-corrected chi connectivity index (χ2v) is 6.51. The van der Waals surface area contributed by atoms with Gasteiger partial charge in [0, 0.05) is 12.1 Å². The van der Waals surface area contributed by atoms with Gasteiger partial charge < -0.3 is 4.74 Å². The zero-order valence-electron chi connectivity index (χ0n) is 15.6. The predicted octanol–water partition coefficient (Wildman–Crippen LogP) is 7.73. The van der Waals surface area contributed by atoms with Crippen LogP contribution >= 0.6 is 0 Å². The van der Waals surface area contributed by atoms with Crippen molar-refractivity contribution in [2.24, 2.45) is 0 Å². The van der Waals surface area contributed by atoms with Crippen molar-refractivity contribution in [1.29, 1.82) is 0 Å². The molecule has 0 saturated heterocycles. The molecular formula is C22H15F7O. The summed E-state index contributed by atoms with van der Waals surface area (Å²) in [4.78, 5) is 0. The van der Waals surface area contributed by atoms with Crippen LogP contribution in [0.15, 0.2) is 42.5 Å². The molecule has 0 N–H and O–H groups in total. The Morgan fingerprint density at radius 3 is 1.93 bits per heavy atom. The number of hydrogen-bond acceptors (Lipinski definition) is 1. The van der Waals surface area contributed by atoms with E-state index in [1.807, 2.05) is 6.92 Å². The molecule has 8 heteroatoms. The van der Waals surface area contributed by atoms with Gasteiger partial charge in [-0.3, -0.25) is 0 Å². The molecule has 0 heterocycles. The average Bonchev–Trinajstić information content (AvgIpc) is 2.69. The number of aryl methyl sites for hydroxylation is 1. The van der Waals surface area contributed by atoms with E-state index in [-0.39, 0.29) is 11.1 Å². The molecule has 0 saturated carbocycles. The van der Waals surface area contributed by atoms with E-state index in [1.54, 1.807) is 12.1 Å². The highest BCUT2D eigenvalue weighted by molar-refractivity contribution is 5.70. The summed E-state index contributed by atoms with van der Waals surface area (Å²) in [5, 5.41) is 0. The van der Waals surface area contributed by atoms with Gasteiger partial charge >= 0.3 is 0 Å². The number of halogens is 7. The van der Waals surface area contributed by atoms with Crippen molar-refractivity contribution in [3.8, 4) is 22.6 Å². The number of ether oxygens (including phenoxy) is 1. The number of benzene rings is 3. The van der Waals surface area contributed by atoms with Crippen LogP contribution in [-0.2, 0) is 6.42 Å². The highest BCUT2D eigenvalue weighted by Crippen LogP contribution is 2.40. The van der Waals surface area contributed by atoms with Gasteiger partial charge in [-0.05, 0) is 29.2 Å². The quantitative estimate of drug-likeness (QED) is 0.288. The molecule has 3 aromatic carbocycles. The van der Waals surface area contributed by atoms with Gasteiger partial charge in [-0.15, -0.1) is 0 Å². The van der Waals surface area contributed by atoms with Crippen LogP contribution in [0.4, 0.5) is 30.7 Å². The summed E-state index contributed by atoms with van der Waals surface area (Å²) in [5.74, 6) is -10.3. The van der Waals surface area contributed by atoms with Crippen molar-refractivity contribution < 1.29 is 35.5 Å². The number of alkyl halides is 2. The molecule has 0 radical (unpaired) electrons. The Hall–Kier alpha value is -3.03. The Kier molecular flexibility index (Phi) is 6.34. The molecule has 0 aliphatic rings. The van der Waals surface area contributed by atoms with E-state index in [0.717, 1.165) is 18.4 Å². The minimum absolute atomic E-state index is 0.161. The first-order valence-electron chi connectivity index (χ1n) is 8.94. The minimum Gasteiger partial charge on any atom is -0.451 e. The maximum Gasteiger partial charge on any atom is 0.267 e. The molecule has 1 nitrogen and oxygen atoms in total. The molecule has 0 unspecified atom stereocenters. The van der Waals surface area contributed by atoms with Crippen LogP contribution in [0.3, 0.4) is 0 Å². The maximum atomic E-state index is 14.8. The summed E-state index contributed by atoms with van der Waals surface area (Å²) in [6.07, 6.45) is -1.72. The summed E-state index contributed by atoms with van der Waals surface area (Å²) in [6, 6.07) is 7.62. The SMILES string of the molecule is CCCc1ccc(-c2cc(F)c(Oc3cc(F)c(F)c(F)c3)c(F)c2C(F)F)cc1. The largest absolute Gasteiger partial charge is 0.451 e. The Balaban J connectivity index is 2.08. The Bertz CT molecular complexity index is 1040. The first-order valence-corrected chi connectivity index (χ1v) is 8.94. The number of hydrogen-bond donors (Lipinski definition) is 0. The lowest BCUT2D eigenvalue weighted by Crippen LogP contribution is -2.03. The summed E-state index contributed by atoms with van der Waals surface area (Å²) in [5.41, 5.74) is -0.418. The van der Waals surface area contributed by atoms with E-state index in [1.165, 1.54) is 12.1 Å². The van der Waals surface area contributed by atoms with Crippen molar-refractivity contribution in [2.45, 2.75) is 26.2 Å². The highest BCUT2D eigenvalue weighted by Gasteiger charge is 2.27. The van der Waals surface area contributed by atoms with Crippen LogP contribution in [0.5, 0.6) is 11.5 Å². The third-order valence-corrected chi connectivity index (χ3v) is 4.41. The Labute approximate surface area is 167 Å². The molecule has 3 aromatic rings. The van der Waals surface area contributed by atoms with Gasteiger partial charge in [0.25, 0.3) is 6.43 Å². The normalized spacial score (nSPS) is 11.2. The van der Waals surface area contributed by atoms with Crippen molar-refractivity contribution in [3.63, 3.8) is 0 Å². The fraction of sp³-hybridized carbons (Fsp3) is 0.182. The standard InChI is InChI=1S/C22H15F7O/c1-2-3-11-4-6-12(7-5-11)14-10-17(25)21(20(27)18(14)22(28)29)30-13-8-15(23)19(26)16(24)9-13/h4-10,22H,2-3H2,1H3. The zero-order chi connectivity index (χ0) is 22.0. The van der Waals surface area contributed by atoms with Gasteiger partial charge in [-0.1, -0.05) is 37.6 Å². The van der Waals surface area contributed by atoms with E-state index in [9.17, 15) is 30.7 Å². The number of rotatable bonds is 6. The van der Waals surface area contributed by atoms with Crippen LogP contribution in [0, 0.1) is 29.1 Å². The third-order valence-electron chi connectivity index (χ3n) is 4.41. The predicted molar refractivity (Wildman–Crippen MR) is 97.1 cm³/mol. The van der Waals surface area contributed by atoms with E-state index in [4.69, 9.17) is 4.74 Å². The maximum absolute atomic E-state index is 14.8. The molecule has 30 heavy (non-hydrogen) atoms. The van der Waals surface area contributed by atoms with Crippen LogP contribution < -0.4 is 4.74 Å². The lowest BCUT2D eigenvalue weighted by Gasteiger charge is -2.16. The van der Waals surface area contributed by atoms with Crippen LogP contribution in [-0.4, -0.2) is 0 Å². The van der Waals surface area contributed by atoms with Crippen LogP contribution in [0.2, 0.25) is 0 Å². The lowest BCUT2D eigenvalue weighted by atomic mass is 9.97. The van der Waals surface area contributed by atoms with E-state index in [0.29, 0.717) is 18.2 Å². The smallest absolute Gasteiger partial charge is 0.267 e. The highest BCUT2D eigenvalue weighted by atomic mass is 19.3. The lowest BCUT2D eigenvalue weighted by molar-refractivity contribution is 0.146.